The summed E-state index contributed by atoms with van der Waals surface area (Å²) in [5, 5.41) is 0. The van der Waals surface area contributed by atoms with E-state index in [2.05, 4.69) is 78.6 Å². The first kappa shape index (κ1) is 37.4. The maximum Gasteiger partial charge on any atom is 0.587 e. The van der Waals surface area contributed by atoms with Crippen LogP contribution in [0.3, 0.4) is 0 Å². The molecule has 0 radical (unpaired) electrons. The first-order chi connectivity index (χ1) is 20.1. The standard InChI is InChI=1S/C30H53O9PSi4/c1-41(2,3)36-27-26(23-32-40(31,34-24-19-15-13-16-20-24)35-25-21-17-14-18-22-25)33-30(39-44(10,11)12)29(38-43(7,8)9)28(27)37-42(4,5)6/h13-22,26-30H,23H2,1-12H3/t26-,27+,28+,29-,30+/m1/s1. The Bertz CT molecular complexity index is 1170. The van der Waals surface area contributed by atoms with Crippen LogP contribution in [0.2, 0.25) is 78.6 Å². The van der Waals surface area contributed by atoms with Gasteiger partial charge in [-0.05, 0) is 103 Å². The molecule has 1 heterocycles. The molecular weight excluding hydrogens is 648 g/mol. The predicted octanol–water partition coefficient (Wildman–Crippen LogP) is 8.51. The molecule has 44 heavy (non-hydrogen) atoms. The third kappa shape index (κ3) is 13.0. The van der Waals surface area contributed by atoms with E-state index in [1.807, 2.05) is 12.1 Å². The van der Waals surface area contributed by atoms with Crippen LogP contribution in [0.5, 0.6) is 11.5 Å². The summed E-state index contributed by atoms with van der Waals surface area (Å²) in [5.41, 5.74) is 0. The molecule has 0 aromatic heterocycles. The fraction of sp³-hybridized carbons (Fsp3) is 0.600. The van der Waals surface area contributed by atoms with Crippen molar-refractivity contribution in [3.63, 3.8) is 0 Å². The highest BCUT2D eigenvalue weighted by Crippen LogP contribution is 2.50. The molecule has 0 amide bonds. The molecule has 1 aliphatic rings. The van der Waals surface area contributed by atoms with Crippen molar-refractivity contribution >= 4 is 41.1 Å². The summed E-state index contributed by atoms with van der Waals surface area (Å²) in [6, 6.07) is 17.7. The van der Waals surface area contributed by atoms with Crippen molar-refractivity contribution < 1.29 is 40.6 Å². The first-order valence-electron chi connectivity index (χ1n) is 15.2. The Kier molecular flexibility index (Phi) is 12.5. The molecule has 2 aromatic carbocycles. The van der Waals surface area contributed by atoms with E-state index in [0.717, 1.165) is 0 Å². The smallest absolute Gasteiger partial charge is 0.409 e. The van der Waals surface area contributed by atoms with Gasteiger partial charge in [-0.3, -0.25) is 4.52 Å². The molecule has 3 rings (SSSR count). The molecule has 0 bridgehead atoms. The average Bonchev–Trinajstić information content (AvgIpc) is 2.85. The first-order valence-corrected chi connectivity index (χ1v) is 30.3. The van der Waals surface area contributed by atoms with E-state index in [4.69, 9.17) is 36.0 Å². The van der Waals surface area contributed by atoms with E-state index in [1.165, 1.54) is 0 Å². The number of phosphoric acid groups is 1. The molecule has 1 saturated heterocycles. The van der Waals surface area contributed by atoms with E-state index < -0.39 is 71.8 Å². The minimum absolute atomic E-state index is 0.150. The van der Waals surface area contributed by atoms with Crippen LogP contribution in [-0.4, -0.2) is 70.6 Å². The second-order valence-corrected chi connectivity index (χ2v) is 34.3. The molecule has 5 atom stereocenters. The number of hydrogen-bond donors (Lipinski definition) is 0. The number of rotatable bonds is 15. The maximum atomic E-state index is 14.2. The molecule has 0 N–H and O–H groups in total. The van der Waals surface area contributed by atoms with Gasteiger partial charge in [-0.25, -0.2) is 4.57 Å². The molecule has 2 aromatic rings. The van der Waals surface area contributed by atoms with Crippen molar-refractivity contribution in [3.05, 3.63) is 60.7 Å². The van der Waals surface area contributed by atoms with E-state index in [1.54, 1.807) is 48.5 Å². The Labute approximate surface area is 269 Å². The Morgan fingerprint density at radius 1 is 0.568 bits per heavy atom. The highest BCUT2D eigenvalue weighted by atomic mass is 31.2. The van der Waals surface area contributed by atoms with Gasteiger partial charge < -0.3 is 31.5 Å². The lowest BCUT2D eigenvalue weighted by molar-refractivity contribution is -0.268. The van der Waals surface area contributed by atoms with E-state index in [0.29, 0.717) is 11.5 Å². The van der Waals surface area contributed by atoms with E-state index in [-0.39, 0.29) is 6.61 Å². The summed E-state index contributed by atoms with van der Waals surface area (Å²) in [5.74, 6) is 0.712. The fourth-order valence-electron chi connectivity index (χ4n) is 4.54. The topological polar surface area (TPSA) is 90.9 Å². The van der Waals surface area contributed by atoms with Gasteiger partial charge in [-0.15, -0.1) is 0 Å². The van der Waals surface area contributed by atoms with Crippen LogP contribution >= 0.6 is 7.82 Å². The van der Waals surface area contributed by atoms with Gasteiger partial charge in [0, 0.05) is 0 Å². The third-order valence-corrected chi connectivity index (χ3v) is 11.1. The molecule has 248 valence electrons. The predicted molar refractivity (Wildman–Crippen MR) is 185 cm³/mol. The Hall–Kier alpha value is -1.10. The maximum absolute atomic E-state index is 14.2. The number of benzene rings is 2. The fourth-order valence-corrected chi connectivity index (χ4v) is 9.91. The molecule has 0 aliphatic carbocycles. The van der Waals surface area contributed by atoms with Gasteiger partial charge in [-0.2, -0.15) is 0 Å². The van der Waals surface area contributed by atoms with Crippen molar-refractivity contribution in [2.75, 3.05) is 6.61 Å². The minimum atomic E-state index is -4.19. The van der Waals surface area contributed by atoms with Gasteiger partial charge in [0.1, 0.15) is 35.9 Å². The van der Waals surface area contributed by atoms with Crippen LogP contribution in [0.4, 0.5) is 0 Å². The van der Waals surface area contributed by atoms with Crippen molar-refractivity contribution in [1.82, 2.24) is 0 Å². The van der Waals surface area contributed by atoms with E-state index in [9.17, 15) is 4.57 Å². The SMILES string of the molecule is C[Si](C)(C)O[C@@H]1O[C@H](COP(=O)(Oc2ccccc2)Oc2ccccc2)[C@H](O[Si](C)(C)C)[C@H](O[Si](C)(C)C)[C@H]1O[Si](C)(C)C. The van der Waals surface area contributed by atoms with Crippen LogP contribution in [-0.2, 0) is 31.5 Å². The monoisotopic (exact) mass is 700 g/mol. The average molecular weight is 701 g/mol. The van der Waals surface area contributed by atoms with Gasteiger partial charge in [0.05, 0.1) is 6.61 Å². The molecule has 0 spiro atoms. The van der Waals surface area contributed by atoms with Gasteiger partial charge in [0.2, 0.25) is 0 Å². The van der Waals surface area contributed by atoms with Crippen molar-refractivity contribution in [1.29, 1.82) is 0 Å². The Morgan fingerprint density at radius 2 is 0.955 bits per heavy atom. The largest absolute Gasteiger partial charge is 0.587 e. The van der Waals surface area contributed by atoms with Crippen LogP contribution in [0.25, 0.3) is 0 Å². The quantitative estimate of drug-likeness (QED) is 0.134. The zero-order valence-corrected chi connectivity index (χ0v) is 33.4. The van der Waals surface area contributed by atoms with Crippen LogP contribution in [0, 0.1) is 0 Å². The van der Waals surface area contributed by atoms with Crippen LogP contribution in [0.15, 0.2) is 60.7 Å². The normalized spacial score (nSPS) is 23.8. The zero-order chi connectivity index (χ0) is 33.0. The van der Waals surface area contributed by atoms with E-state index >= 15 is 0 Å². The van der Waals surface area contributed by atoms with Gasteiger partial charge in [-0.1, -0.05) is 36.4 Å². The molecule has 14 heteroatoms. The van der Waals surface area contributed by atoms with Gasteiger partial charge in [0.15, 0.2) is 39.6 Å². The summed E-state index contributed by atoms with van der Waals surface area (Å²) in [7, 11) is -12.7. The summed E-state index contributed by atoms with van der Waals surface area (Å²) >= 11 is 0. The third-order valence-electron chi connectivity index (χ3n) is 5.85. The second-order valence-electron chi connectivity index (χ2n) is 14.9. The molecule has 0 unspecified atom stereocenters. The molecule has 1 aliphatic heterocycles. The highest BCUT2D eigenvalue weighted by Gasteiger charge is 2.53. The summed E-state index contributed by atoms with van der Waals surface area (Å²) in [6.07, 6.45) is -3.01. The van der Waals surface area contributed by atoms with Crippen molar-refractivity contribution in [2.45, 2.75) is 109 Å². The lowest BCUT2D eigenvalue weighted by atomic mass is 9.99. The van der Waals surface area contributed by atoms with Crippen molar-refractivity contribution in [2.24, 2.45) is 0 Å². The molecule has 1 fully saturated rings. The molecule has 0 saturated carbocycles. The van der Waals surface area contributed by atoms with Gasteiger partial charge in [0.25, 0.3) is 0 Å². The second kappa shape index (κ2) is 14.8. The minimum Gasteiger partial charge on any atom is -0.409 e. The number of phosphoric ester groups is 1. The summed E-state index contributed by atoms with van der Waals surface area (Å²) in [6.45, 7) is 25.4. The summed E-state index contributed by atoms with van der Waals surface area (Å²) in [4.78, 5) is 0. The van der Waals surface area contributed by atoms with Crippen molar-refractivity contribution in [3.8, 4) is 11.5 Å². The number of ether oxygens (including phenoxy) is 1. The number of hydrogen-bond acceptors (Lipinski definition) is 9. The number of para-hydroxylation sites is 2. The van der Waals surface area contributed by atoms with Crippen LogP contribution < -0.4 is 9.05 Å². The lowest BCUT2D eigenvalue weighted by Crippen LogP contribution is -2.67. The Balaban J connectivity index is 2.04. The highest BCUT2D eigenvalue weighted by molar-refractivity contribution is 7.49. The molecular formula is C30H53O9PSi4. The van der Waals surface area contributed by atoms with Gasteiger partial charge >= 0.3 is 7.82 Å². The van der Waals surface area contributed by atoms with Crippen LogP contribution in [0.1, 0.15) is 0 Å². The Morgan fingerprint density at radius 3 is 1.36 bits per heavy atom. The lowest BCUT2D eigenvalue weighted by Gasteiger charge is -2.51. The molecule has 9 nitrogen and oxygen atoms in total. The zero-order valence-electron chi connectivity index (χ0n) is 28.5. The summed E-state index contributed by atoms with van der Waals surface area (Å²) < 4.78 is 66.0.